The van der Waals surface area contributed by atoms with Crippen molar-refractivity contribution in [3.05, 3.63) is 17.8 Å². The Morgan fingerprint density at radius 2 is 1.94 bits per heavy atom. The lowest BCUT2D eigenvalue weighted by Crippen LogP contribution is -2.44. The van der Waals surface area contributed by atoms with Crippen molar-refractivity contribution in [3.63, 3.8) is 0 Å². The zero-order valence-corrected chi connectivity index (χ0v) is 10.1. The second kappa shape index (κ2) is 4.69. The Morgan fingerprint density at radius 3 is 2.41 bits per heavy atom. The van der Waals surface area contributed by atoms with E-state index in [-0.39, 0.29) is 5.69 Å². The van der Waals surface area contributed by atoms with Gasteiger partial charge in [0.05, 0.1) is 0 Å². The molecule has 0 unspecified atom stereocenters. The van der Waals surface area contributed by atoms with Crippen LogP contribution in [0.25, 0.3) is 0 Å². The van der Waals surface area contributed by atoms with Crippen LogP contribution in [-0.2, 0) is 0 Å². The van der Waals surface area contributed by atoms with Gasteiger partial charge in [0.2, 0.25) is 0 Å². The summed E-state index contributed by atoms with van der Waals surface area (Å²) in [6.45, 7) is 4.34. The Morgan fingerprint density at radius 1 is 1.29 bits per heavy atom. The Bertz CT molecular complexity index is 395. The van der Waals surface area contributed by atoms with Crippen LogP contribution in [-0.4, -0.2) is 33.4 Å². The first-order valence-electron chi connectivity index (χ1n) is 5.95. The summed E-state index contributed by atoms with van der Waals surface area (Å²) in [5.41, 5.74) is -0.00827. The highest BCUT2D eigenvalue weighted by Gasteiger charge is 2.26. The van der Waals surface area contributed by atoms with Gasteiger partial charge < -0.3 is 10.0 Å². The summed E-state index contributed by atoms with van der Waals surface area (Å²) in [5, 5.41) is 16.5. The van der Waals surface area contributed by atoms with E-state index in [1.54, 1.807) is 6.07 Å². The molecule has 2 heterocycles. The van der Waals surface area contributed by atoms with Crippen molar-refractivity contribution in [2.24, 2.45) is 0 Å². The number of carboxylic acid groups (broad SMARTS) is 1. The van der Waals surface area contributed by atoms with Gasteiger partial charge in [0.15, 0.2) is 11.5 Å². The molecule has 0 bridgehead atoms. The van der Waals surface area contributed by atoms with Crippen molar-refractivity contribution in [2.45, 2.75) is 45.2 Å². The zero-order chi connectivity index (χ0) is 12.4. The highest BCUT2D eigenvalue weighted by atomic mass is 16.4. The van der Waals surface area contributed by atoms with E-state index in [0.29, 0.717) is 12.1 Å². The lowest BCUT2D eigenvalue weighted by molar-refractivity contribution is 0.0689. The van der Waals surface area contributed by atoms with Crippen LogP contribution in [0.3, 0.4) is 0 Å². The van der Waals surface area contributed by atoms with Crippen molar-refractivity contribution < 1.29 is 9.90 Å². The number of carbonyl (C=O) groups is 1. The van der Waals surface area contributed by atoms with Gasteiger partial charge in [0.1, 0.15) is 0 Å². The van der Waals surface area contributed by atoms with E-state index in [1.165, 1.54) is 12.5 Å². The quantitative estimate of drug-likeness (QED) is 0.848. The third-order valence-corrected chi connectivity index (χ3v) is 3.33. The van der Waals surface area contributed by atoms with Crippen molar-refractivity contribution in [1.82, 2.24) is 10.2 Å². The molecule has 2 atom stereocenters. The number of aromatic carboxylic acids is 1. The van der Waals surface area contributed by atoms with Crippen molar-refractivity contribution >= 4 is 11.8 Å². The van der Waals surface area contributed by atoms with Gasteiger partial charge in [0, 0.05) is 12.1 Å². The molecule has 0 saturated carbocycles. The summed E-state index contributed by atoms with van der Waals surface area (Å²) < 4.78 is 0. The van der Waals surface area contributed by atoms with Gasteiger partial charge in [-0.25, -0.2) is 4.79 Å². The molecule has 92 valence electrons. The smallest absolute Gasteiger partial charge is 0.356 e. The number of anilines is 1. The Kier molecular flexibility index (Phi) is 3.26. The summed E-state index contributed by atoms with van der Waals surface area (Å²) in [7, 11) is 0. The molecule has 0 aromatic carbocycles. The van der Waals surface area contributed by atoms with Crippen LogP contribution in [0.1, 0.15) is 43.6 Å². The molecule has 0 amide bonds. The fourth-order valence-corrected chi connectivity index (χ4v) is 2.45. The number of rotatable bonds is 2. The van der Waals surface area contributed by atoms with Crippen LogP contribution in [0.15, 0.2) is 12.1 Å². The number of aromatic nitrogens is 2. The number of piperidine rings is 1. The molecule has 1 aliphatic heterocycles. The first-order valence-corrected chi connectivity index (χ1v) is 5.95. The van der Waals surface area contributed by atoms with Crippen molar-refractivity contribution in [2.75, 3.05) is 4.90 Å². The fourth-order valence-electron chi connectivity index (χ4n) is 2.45. The number of hydrogen-bond acceptors (Lipinski definition) is 4. The van der Waals surface area contributed by atoms with Gasteiger partial charge in [-0.15, -0.1) is 10.2 Å². The Labute approximate surface area is 100 Å². The molecule has 1 aromatic rings. The second-order valence-electron chi connectivity index (χ2n) is 4.62. The first-order chi connectivity index (χ1) is 8.09. The molecule has 1 saturated heterocycles. The van der Waals surface area contributed by atoms with Gasteiger partial charge in [-0.2, -0.15) is 0 Å². The minimum atomic E-state index is -1.04. The highest BCUT2D eigenvalue weighted by Crippen LogP contribution is 2.27. The predicted octanol–water partition coefficient (Wildman–Crippen LogP) is 1.94. The van der Waals surface area contributed by atoms with Crippen LogP contribution in [0.5, 0.6) is 0 Å². The number of carboxylic acids is 1. The van der Waals surface area contributed by atoms with E-state index in [1.807, 2.05) is 0 Å². The molecule has 0 spiro atoms. The minimum Gasteiger partial charge on any atom is -0.476 e. The molecule has 0 radical (unpaired) electrons. The molecule has 1 aliphatic rings. The molecule has 1 N–H and O–H groups in total. The van der Waals surface area contributed by atoms with Gasteiger partial charge in [0.25, 0.3) is 0 Å². The standard InChI is InChI=1S/C12H17N3O2/c1-8-4-3-5-9(2)15(8)11-7-6-10(12(16)17)13-14-11/h6-9H,3-5H2,1-2H3,(H,16,17)/t8-,9-/m0/s1. The van der Waals surface area contributed by atoms with E-state index in [9.17, 15) is 4.79 Å². The maximum atomic E-state index is 10.7. The largest absolute Gasteiger partial charge is 0.476 e. The Hall–Kier alpha value is -1.65. The molecule has 5 heteroatoms. The van der Waals surface area contributed by atoms with Crippen LogP contribution in [0, 0.1) is 0 Å². The number of nitrogens with zero attached hydrogens (tertiary/aromatic N) is 3. The van der Waals surface area contributed by atoms with Crippen LogP contribution < -0.4 is 4.90 Å². The van der Waals surface area contributed by atoms with Gasteiger partial charge in [-0.1, -0.05) is 0 Å². The summed E-state index contributed by atoms with van der Waals surface area (Å²) in [5.74, 6) is -0.265. The SMILES string of the molecule is C[C@H]1CCC[C@H](C)N1c1ccc(C(=O)O)nn1. The molecule has 0 aliphatic carbocycles. The van der Waals surface area contributed by atoms with E-state index in [2.05, 4.69) is 28.9 Å². The van der Waals surface area contributed by atoms with Crippen LogP contribution in [0.2, 0.25) is 0 Å². The number of hydrogen-bond donors (Lipinski definition) is 1. The molecular formula is C12H17N3O2. The van der Waals surface area contributed by atoms with Gasteiger partial charge in [-0.05, 0) is 45.2 Å². The van der Waals surface area contributed by atoms with Gasteiger partial charge in [-0.3, -0.25) is 0 Å². The van der Waals surface area contributed by atoms with E-state index in [0.717, 1.165) is 18.7 Å². The van der Waals surface area contributed by atoms with Crippen LogP contribution in [0.4, 0.5) is 5.82 Å². The Balaban J connectivity index is 2.23. The van der Waals surface area contributed by atoms with E-state index >= 15 is 0 Å². The molecular weight excluding hydrogens is 218 g/mol. The average Bonchev–Trinajstić information content (AvgIpc) is 2.29. The summed E-state index contributed by atoms with van der Waals surface area (Å²) >= 11 is 0. The van der Waals surface area contributed by atoms with Gasteiger partial charge >= 0.3 is 5.97 Å². The highest BCUT2D eigenvalue weighted by molar-refractivity contribution is 5.85. The predicted molar refractivity (Wildman–Crippen MR) is 64.2 cm³/mol. The summed E-state index contributed by atoms with van der Waals surface area (Å²) in [6.07, 6.45) is 3.53. The fraction of sp³-hybridized carbons (Fsp3) is 0.583. The minimum absolute atomic E-state index is 0.00827. The maximum Gasteiger partial charge on any atom is 0.356 e. The van der Waals surface area contributed by atoms with Crippen molar-refractivity contribution in [1.29, 1.82) is 0 Å². The third-order valence-electron chi connectivity index (χ3n) is 3.33. The van der Waals surface area contributed by atoms with E-state index in [4.69, 9.17) is 5.11 Å². The second-order valence-corrected chi connectivity index (χ2v) is 4.62. The van der Waals surface area contributed by atoms with E-state index < -0.39 is 5.97 Å². The summed E-state index contributed by atoms with van der Waals surface area (Å²) in [6, 6.07) is 4.13. The summed E-state index contributed by atoms with van der Waals surface area (Å²) in [4.78, 5) is 12.9. The molecule has 1 fully saturated rings. The topological polar surface area (TPSA) is 66.3 Å². The molecule has 17 heavy (non-hydrogen) atoms. The molecule has 5 nitrogen and oxygen atoms in total. The molecule has 1 aromatic heterocycles. The maximum absolute atomic E-state index is 10.7. The van der Waals surface area contributed by atoms with Crippen molar-refractivity contribution in [3.8, 4) is 0 Å². The monoisotopic (exact) mass is 235 g/mol. The van der Waals surface area contributed by atoms with Crippen LogP contribution >= 0.6 is 0 Å². The average molecular weight is 235 g/mol. The third kappa shape index (κ3) is 2.38. The first kappa shape index (κ1) is 11.8. The zero-order valence-electron chi connectivity index (χ0n) is 10.1. The normalized spacial score (nSPS) is 24.7. The molecule has 2 rings (SSSR count). The lowest BCUT2D eigenvalue weighted by Gasteiger charge is -2.39. The lowest BCUT2D eigenvalue weighted by atomic mass is 9.97.